The van der Waals surface area contributed by atoms with E-state index in [1.807, 2.05) is 11.8 Å². The van der Waals surface area contributed by atoms with Crippen molar-refractivity contribution in [3.8, 4) is 0 Å². The lowest BCUT2D eigenvalue weighted by molar-refractivity contribution is -0.137. The van der Waals surface area contributed by atoms with Crippen LogP contribution in [0.2, 0.25) is 0 Å². The van der Waals surface area contributed by atoms with E-state index in [1.54, 1.807) is 0 Å². The number of aliphatic carboxylic acids is 1. The number of unbranched alkanes of at least 4 members (excludes halogenated alkanes) is 1. The van der Waals surface area contributed by atoms with E-state index < -0.39 is 5.97 Å². The average Bonchev–Trinajstić information content (AvgIpc) is 2.95. The van der Waals surface area contributed by atoms with E-state index in [2.05, 4.69) is 18.4 Å². The number of rotatable bonds is 8. The molecule has 108 valence electrons. The van der Waals surface area contributed by atoms with Gasteiger partial charge in [0, 0.05) is 6.42 Å². The fraction of sp³-hybridized carbons (Fsp3) is 0.812. The monoisotopic (exact) mass is 282 g/mol. The molecule has 3 heteroatoms. The topological polar surface area (TPSA) is 37.3 Å². The first-order valence-corrected chi connectivity index (χ1v) is 8.97. The molecule has 0 amide bonds. The van der Waals surface area contributed by atoms with Gasteiger partial charge in [-0.1, -0.05) is 12.2 Å². The van der Waals surface area contributed by atoms with Crippen LogP contribution in [-0.2, 0) is 4.79 Å². The molecule has 0 aliphatic heterocycles. The quantitative estimate of drug-likeness (QED) is 0.535. The summed E-state index contributed by atoms with van der Waals surface area (Å²) in [6, 6.07) is 0. The molecule has 0 saturated heterocycles. The van der Waals surface area contributed by atoms with E-state index in [1.165, 1.54) is 31.4 Å². The first-order chi connectivity index (χ1) is 9.22. The van der Waals surface area contributed by atoms with Crippen molar-refractivity contribution in [3.05, 3.63) is 12.2 Å². The van der Waals surface area contributed by atoms with Crippen molar-refractivity contribution >= 4 is 17.7 Å². The molecular weight excluding hydrogens is 256 g/mol. The first kappa shape index (κ1) is 15.0. The van der Waals surface area contributed by atoms with E-state index in [0.717, 1.165) is 36.5 Å². The Kier molecular flexibility index (Phi) is 5.80. The van der Waals surface area contributed by atoms with Crippen LogP contribution in [0, 0.1) is 23.7 Å². The van der Waals surface area contributed by atoms with E-state index in [9.17, 15) is 4.79 Å². The summed E-state index contributed by atoms with van der Waals surface area (Å²) in [5.74, 6) is 4.48. The Morgan fingerprint density at radius 3 is 2.68 bits per heavy atom. The van der Waals surface area contributed by atoms with Gasteiger partial charge in [0.1, 0.15) is 0 Å². The van der Waals surface area contributed by atoms with Gasteiger partial charge in [-0.05, 0) is 74.2 Å². The van der Waals surface area contributed by atoms with Crippen molar-refractivity contribution in [3.63, 3.8) is 0 Å². The van der Waals surface area contributed by atoms with Crippen molar-refractivity contribution in [1.82, 2.24) is 0 Å². The minimum absolute atomic E-state index is 0.299. The molecule has 1 N–H and O–H groups in total. The van der Waals surface area contributed by atoms with Crippen LogP contribution in [0.3, 0.4) is 0 Å². The lowest BCUT2D eigenvalue weighted by Gasteiger charge is -2.30. The van der Waals surface area contributed by atoms with E-state index in [0.29, 0.717) is 6.42 Å². The summed E-state index contributed by atoms with van der Waals surface area (Å²) in [6.07, 6.45) is 14.4. The minimum atomic E-state index is -0.679. The summed E-state index contributed by atoms with van der Waals surface area (Å²) in [5.41, 5.74) is 0. The van der Waals surface area contributed by atoms with Crippen LogP contribution < -0.4 is 0 Å². The van der Waals surface area contributed by atoms with Gasteiger partial charge in [-0.3, -0.25) is 4.79 Å². The standard InChI is InChI=1S/C16H26O2S/c1-19-11-15-13-9-8-12(10-13)14(15)6-4-2-3-5-7-16(17)18/h2,4,12-15H,3,5-11H2,1H3,(H,17,18)/t12-,13+,14-,15+/m0/s1. The highest BCUT2D eigenvalue weighted by Crippen LogP contribution is 2.54. The Bertz CT molecular complexity index is 327. The summed E-state index contributed by atoms with van der Waals surface area (Å²) in [5, 5.41) is 8.58. The van der Waals surface area contributed by atoms with Crippen LogP contribution in [-0.4, -0.2) is 23.1 Å². The molecule has 0 aromatic heterocycles. The molecule has 0 radical (unpaired) electrons. The third kappa shape index (κ3) is 4.01. The Balaban J connectivity index is 1.72. The van der Waals surface area contributed by atoms with Crippen molar-refractivity contribution in [2.45, 2.75) is 44.9 Å². The molecule has 0 spiro atoms. The Morgan fingerprint density at radius 1 is 1.26 bits per heavy atom. The predicted octanol–water partition coefficient (Wildman–Crippen LogP) is 4.21. The van der Waals surface area contributed by atoms with Gasteiger partial charge < -0.3 is 5.11 Å². The van der Waals surface area contributed by atoms with Crippen LogP contribution >= 0.6 is 11.8 Å². The number of hydrogen-bond donors (Lipinski definition) is 1. The molecule has 2 aliphatic carbocycles. The summed E-state index contributed by atoms with van der Waals surface area (Å²) in [4.78, 5) is 10.4. The maximum Gasteiger partial charge on any atom is 0.303 e. The van der Waals surface area contributed by atoms with Gasteiger partial charge in [0.15, 0.2) is 0 Å². The normalized spacial score (nSPS) is 33.3. The van der Waals surface area contributed by atoms with Crippen molar-refractivity contribution in [1.29, 1.82) is 0 Å². The summed E-state index contributed by atoms with van der Waals surface area (Å²) < 4.78 is 0. The number of carboxylic acid groups (broad SMARTS) is 1. The molecular formula is C16H26O2S. The third-order valence-corrected chi connectivity index (χ3v) is 5.69. The second-order valence-corrected chi connectivity index (χ2v) is 7.02. The molecule has 19 heavy (non-hydrogen) atoms. The molecule has 0 heterocycles. The summed E-state index contributed by atoms with van der Waals surface area (Å²) in [7, 11) is 0. The van der Waals surface area contributed by atoms with Crippen molar-refractivity contribution in [2.24, 2.45) is 23.7 Å². The molecule has 0 aromatic carbocycles. The second kappa shape index (κ2) is 7.37. The second-order valence-electron chi connectivity index (χ2n) is 6.11. The molecule has 0 aromatic rings. The Morgan fingerprint density at radius 2 is 2.00 bits per heavy atom. The molecule has 2 rings (SSSR count). The van der Waals surface area contributed by atoms with Gasteiger partial charge in [-0.25, -0.2) is 0 Å². The van der Waals surface area contributed by atoms with Crippen LogP contribution in [0.4, 0.5) is 0 Å². The molecule has 2 aliphatic rings. The molecule has 4 atom stereocenters. The fourth-order valence-corrected chi connectivity index (χ4v) is 5.00. The highest BCUT2D eigenvalue weighted by molar-refractivity contribution is 7.98. The zero-order chi connectivity index (χ0) is 13.7. The van der Waals surface area contributed by atoms with Crippen molar-refractivity contribution < 1.29 is 9.90 Å². The van der Waals surface area contributed by atoms with Crippen molar-refractivity contribution in [2.75, 3.05) is 12.0 Å². The molecule has 2 saturated carbocycles. The van der Waals surface area contributed by atoms with Crippen LogP contribution in [0.5, 0.6) is 0 Å². The zero-order valence-electron chi connectivity index (χ0n) is 11.9. The highest BCUT2D eigenvalue weighted by Gasteiger charge is 2.46. The number of thioether (sulfide) groups is 1. The highest BCUT2D eigenvalue weighted by atomic mass is 32.2. The van der Waals surface area contributed by atoms with Gasteiger partial charge >= 0.3 is 5.97 Å². The van der Waals surface area contributed by atoms with E-state index in [4.69, 9.17) is 5.11 Å². The van der Waals surface area contributed by atoms with Gasteiger partial charge in [0.2, 0.25) is 0 Å². The number of hydrogen-bond acceptors (Lipinski definition) is 2. The van der Waals surface area contributed by atoms with Gasteiger partial charge in [-0.15, -0.1) is 0 Å². The number of carbonyl (C=O) groups is 1. The van der Waals surface area contributed by atoms with Gasteiger partial charge in [0.05, 0.1) is 0 Å². The Labute approximate surface area is 121 Å². The van der Waals surface area contributed by atoms with Gasteiger partial charge in [-0.2, -0.15) is 11.8 Å². The lowest BCUT2D eigenvalue weighted by Crippen LogP contribution is -2.23. The average molecular weight is 282 g/mol. The molecule has 2 bridgehead atoms. The maximum absolute atomic E-state index is 10.4. The summed E-state index contributed by atoms with van der Waals surface area (Å²) >= 11 is 2.00. The van der Waals surface area contributed by atoms with Crippen LogP contribution in [0.1, 0.15) is 44.9 Å². The maximum atomic E-state index is 10.4. The molecule has 2 nitrogen and oxygen atoms in total. The summed E-state index contributed by atoms with van der Waals surface area (Å²) in [6.45, 7) is 0. The van der Waals surface area contributed by atoms with E-state index in [-0.39, 0.29) is 0 Å². The largest absolute Gasteiger partial charge is 0.481 e. The number of allylic oxidation sites excluding steroid dienone is 2. The van der Waals surface area contributed by atoms with Gasteiger partial charge in [0.25, 0.3) is 0 Å². The first-order valence-electron chi connectivity index (χ1n) is 7.58. The molecule has 2 fully saturated rings. The lowest BCUT2D eigenvalue weighted by atomic mass is 9.78. The SMILES string of the molecule is CSC[C@@H]1[C@@H]2CC[C@@H](C2)[C@@H]1CC=CCCCC(=O)O. The third-order valence-electron chi connectivity index (χ3n) is 4.97. The van der Waals surface area contributed by atoms with E-state index >= 15 is 0 Å². The number of carboxylic acids is 1. The fourth-order valence-electron chi connectivity index (χ4n) is 4.09. The predicted molar refractivity (Wildman–Crippen MR) is 81.4 cm³/mol. The Hall–Kier alpha value is -0.440. The van der Waals surface area contributed by atoms with Crippen LogP contribution in [0.15, 0.2) is 12.2 Å². The zero-order valence-corrected chi connectivity index (χ0v) is 12.7. The smallest absolute Gasteiger partial charge is 0.303 e. The van der Waals surface area contributed by atoms with Crippen LogP contribution in [0.25, 0.3) is 0 Å². The minimum Gasteiger partial charge on any atom is -0.481 e. The molecule has 0 unspecified atom stereocenters. The number of fused-ring (bicyclic) bond motifs is 2.